The summed E-state index contributed by atoms with van der Waals surface area (Å²) in [7, 11) is 0. The van der Waals surface area contributed by atoms with E-state index in [2.05, 4.69) is 0 Å². The molecule has 1 aliphatic rings. The molecule has 0 radical (unpaired) electrons. The molecule has 0 spiro atoms. The highest BCUT2D eigenvalue weighted by Crippen LogP contribution is 2.23. The number of benzene rings is 3. The van der Waals surface area contributed by atoms with Crippen LogP contribution in [-0.2, 0) is 38.8 Å². The summed E-state index contributed by atoms with van der Waals surface area (Å²) in [5.74, 6) is 0. The Morgan fingerprint density at radius 2 is 1.23 bits per heavy atom. The summed E-state index contributed by atoms with van der Waals surface area (Å²) in [6.45, 7) is 7.50. The van der Waals surface area contributed by atoms with Gasteiger partial charge in [0.05, 0.1) is 26.4 Å². The molecule has 1 aliphatic heterocycles. The van der Waals surface area contributed by atoms with Gasteiger partial charge in [0.25, 0.3) is 0 Å². The number of hydrogen-bond acceptors (Lipinski definition) is 5. The molecule has 3 aromatic carbocycles. The Morgan fingerprint density at radius 3 is 1.74 bits per heavy atom. The Kier molecular flexibility index (Phi) is 10.3. The van der Waals surface area contributed by atoms with Gasteiger partial charge in [-0.3, -0.25) is 0 Å². The van der Waals surface area contributed by atoms with Crippen molar-refractivity contribution in [1.82, 2.24) is 4.90 Å². The smallest absolute Gasteiger partial charge is 0.410 e. The maximum atomic E-state index is 13.1. The fourth-order valence-corrected chi connectivity index (χ4v) is 4.33. The third kappa shape index (κ3) is 9.36. The van der Waals surface area contributed by atoms with Crippen LogP contribution in [0.4, 0.5) is 4.79 Å². The van der Waals surface area contributed by atoms with Crippen LogP contribution in [0.5, 0.6) is 0 Å². The SMILES string of the molecule is CC(C)(C)OC(=O)N1C/C=C\[C@@H](OCc2ccccc2)[C@H](OCc2ccccc2)[C@@H](OCc2ccccc2)C1. The Balaban J connectivity index is 1.60. The van der Waals surface area contributed by atoms with Gasteiger partial charge in [-0.25, -0.2) is 4.79 Å². The molecule has 3 aromatic rings. The van der Waals surface area contributed by atoms with E-state index in [1.807, 2.05) is 124 Å². The Bertz CT molecular complexity index is 1160. The molecule has 4 rings (SSSR count). The van der Waals surface area contributed by atoms with Gasteiger partial charge in [-0.1, -0.05) is 103 Å². The first-order valence-corrected chi connectivity index (χ1v) is 13.5. The van der Waals surface area contributed by atoms with Crippen LogP contribution in [0.25, 0.3) is 0 Å². The van der Waals surface area contributed by atoms with Gasteiger partial charge in [0.2, 0.25) is 0 Å². The monoisotopic (exact) mass is 529 g/mol. The second kappa shape index (κ2) is 14.1. The normalized spacial score (nSPS) is 20.6. The first kappa shape index (κ1) is 28.6. The minimum Gasteiger partial charge on any atom is -0.444 e. The highest BCUT2D eigenvalue weighted by atomic mass is 16.6. The fourth-order valence-electron chi connectivity index (χ4n) is 4.33. The highest BCUT2D eigenvalue weighted by Gasteiger charge is 2.36. The summed E-state index contributed by atoms with van der Waals surface area (Å²) < 4.78 is 25.2. The first-order chi connectivity index (χ1) is 18.9. The number of carbonyl (C=O) groups is 1. The molecule has 0 unspecified atom stereocenters. The van der Waals surface area contributed by atoms with Gasteiger partial charge in [0.1, 0.15) is 23.9 Å². The van der Waals surface area contributed by atoms with Crippen LogP contribution in [0, 0.1) is 0 Å². The topological polar surface area (TPSA) is 57.2 Å². The lowest BCUT2D eigenvalue weighted by Crippen LogP contribution is -2.51. The number of carbonyl (C=O) groups excluding carboxylic acids is 1. The van der Waals surface area contributed by atoms with Gasteiger partial charge in [0, 0.05) is 6.54 Å². The van der Waals surface area contributed by atoms with Crippen molar-refractivity contribution in [1.29, 1.82) is 0 Å². The molecule has 1 heterocycles. The van der Waals surface area contributed by atoms with Gasteiger partial charge in [-0.05, 0) is 37.5 Å². The lowest BCUT2D eigenvalue weighted by atomic mass is 10.0. The second-order valence-electron chi connectivity index (χ2n) is 10.7. The Labute approximate surface area is 232 Å². The predicted octanol–water partition coefficient (Wildman–Crippen LogP) is 6.55. The van der Waals surface area contributed by atoms with E-state index in [9.17, 15) is 4.79 Å². The average Bonchev–Trinajstić information content (AvgIpc) is 2.92. The molecule has 0 aliphatic carbocycles. The number of amides is 1. The molecule has 3 atom stereocenters. The van der Waals surface area contributed by atoms with E-state index in [4.69, 9.17) is 18.9 Å². The standard InChI is InChI=1S/C33H39NO5/c1-33(2,3)39-32(35)34-21-13-20-29(36-23-26-14-7-4-8-15-26)31(38-25-28-18-11-6-12-19-28)30(22-34)37-24-27-16-9-5-10-17-27/h4-20,29-31H,21-25H2,1-3H3/b20-13-/t29-,30+,31+/m1/s1. The Hall–Kier alpha value is -3.45. The van der Waals surface area contributed by atoms with Crippen molar-refractivity contribution >= 4 is 6.09 Å². The van der Waals surface area contributed by atoms with Crippen LogP contribution in [0.1, 0.15) is 37.5 Å². The molecule has 1 amide bonds. The summed E-state index contributed by atoms with van der Waals surface area (Å²) in [6.07, 6.45) is 2.23. The van der Waals surface area contributed by atoms with Gasteiger partial charge in [-0.15, -0.1) is 0 Å². The van der Waals surface area contributed by atoms with Crippen molar-refractivity contribution in [2.45, 2.75) is 64.5 Å². The van der Waals surface area contributed by atoms with E-state index in [1.54, 1.807) is 4.90 Å². The van der Waals surface area contributed by atoms with E-state index >= 15 is 0 Å². The molecule has 0 N–H and O–H groups in total. The lowest BCUT2D eigenvalue weighted by Gasteiger charge is -2.37. The zero-order chi connectivity index (χ0) is 27.5. The summed E-state index contributed by atoms with van der Waals surface area (Å²) >= 11 is 0. The maximum Gasteiger partial charge on any atom is 0.410 e. The molecule has 0 aromatic heterocycles. The highest BCUT2D eigenvalue weighted by molar-refractivity contribution is 5.68. The summed E-state index contributed by atoms with van der Waals surface area (Å²) in [4.78, 5) is 14.8. The number of rotatable bonds is 9. The molecule has 206 valence electrons. The molecule has 39 heavy (non-hydrogen) atoms. The van der Waals surface area contributed by atoms with Crippen molar-refractivity contribution in [3.05, 3.63) is 120 Å². The summed E-state index contributed by atoms with van der Waals surface area (Å²) in [5, 5.41) is 0. The van der Waals surface area contributed by atoms with Crippen LogP contribution in [0.3, 0.4) is 0 Å². The third-order valence-electron chi connectivity index (χ3n) is 6.27. The van der Waals surface area contributed by atoms with Gasteiger partial charge < -0.3 is 23.8 Å². The summed E-state index contributed by atoms with van der Waals surface area (Å²) in [6, 6.07) is 30.1. The number of nitrogens with zero attached hydrogens (tertiary/aromatic N) is 1. The van der Waals surface area contributed by atoms with Crippen molar-refractivity contribution < 1.29 is 23.7 Å². The van der Waals surface area contributed by atoms with Gasteiger partial charge in [-0.2, -0.15) is 0 Å². The van der Waals surface area contributed by atoms with Crippen molar-refractivity contribution in [2.75, 3.05) is 13.1 Å². The van der Waals surface area contributed by atoms with Gasteiger partial charge >= 0.3 is 6.09 Å². The zero-order valence-electron chi connectivity index (χ0n) is 23.1. The van der Waals surface area contributed by atoms with E-state index in [0.29, 0.717) is 32.9 Å². The van der Waals surface area contributed by atoms with Crippen LogP contribution >= 0.6 is 0 Å². The molecule has 6 heteroatoms. The zero-order valence-corrected chi connectivity index (χ0v) is 23.1. The van der Waals surface area contributed by atoms with E-state index in [1.165, 1.54) is 0 Å². The van der Waals surface area contributed by atoms with E-state index in [-0.39, 0.29) is 12.2 Å². The molecular weight excluding hydrogens is 490 g/mol. The van der Waals surface area contributed by atoms with Crippen molar-refractivity contribution in [3.63, 3.8) is 0 Å². The Morgan fingerprint density at radius 1 is 0.744 bits per heavy atom. The quantitative estimate of drug-likeness (QED) is 0.294. The number of ether oxygens (including phenoxy) is 4. The molecular formula is C33H39NO5. The molecule has 0 fully saturated rings. The third-order valence-corrected chi connectivity index (χ3v) is 6.27. The minimum absolute atomic E-state index is 0.302. The van der Waals surface area contributed by atoms with Crippen LogP contribution in [-0.4, -0.2) is 48.0 Å². The maximum absolute atomic E-state index is 13.1. The lowest BCUT2D eigenvalue weighted by molar-refractivity contribution is -0.144. The molecule has 0 bridgehead atoms. The fraction of sp³-hybridized carbons (Fsp3) is 0.364. The molecule has 0 saturated carbocycles. The predicted molar refractivity (Wildman–Crippen MR) is 152 cm³/mol. The minimum atomic E-state index is -0.603. The van der Waals surface area contributed by atoms with Crippen molar-refractivity contribution in [3.8, 4) is 0 Å². The first-order valence-electron chi connectivity index (χ1n) is 13.5. The second-order valence-corrected chi connectivity index (χ2v) is 10.7. The molecule has 0 saturated heterocycles. The van der Waals surface area contributed by atoms with E-state index < -0.39 is 17.8 Å². The molecule has 6 nitrogen and oxygen atoms in total. The number of hydrogen-bond donors (Lipinski definition) is 0. The summed E-state index contributed by atoms with van der Waals surface area (Å²) in [5.41, 5.74) is 2.57. The largest absolute Gasteiger partial charge is 0.444 e. The van der Waals surface area contributed by atoms with Crippen LogP contribution < -0.4 is 0 Å². The van der Waals surface area contributed by atoms with Crippen LogP contribution in [0.2, 0.25) is 0 Å². The van der Waals surface area contributed by atoms with Crippen molar-refractivity contribution in [2.24, 2.45) is 0 Å². The van der Waals surface area contributed by atoms with Crippen LogP contribution in [0.15, 0.2) is 103 Å². The van der Waals surface area contributed by atoms with Gasteiger partial charge in [0.15, 0.2) is 0 Å². The average molecular weight is 530 g/mol. The van der Waals surface area contributed by atoms with E-state index in [0.717, 1.165) is 16.7 Å².